The number of rotatable bonds is 5. The van der Waals surface area contributed by atoms with Crippen LogP contribution in [0.4, 0.5) is 4.39 Å². The van der Waals surface area contributed by atoms with E-state index in [0.29, 0.717) is 4.90 Å². The number of hydrogen-bond donors (Lipinski definition) is 0. The molecule has 0 aliphatic carbocycles. The Kier molecular flexibility index (Phi) is 5.64. The SMILES string of the molecule is COC(=O)CN(C)C(=O)CSc1ccccc1F. The van der Waals surface area contributed by atoms with Crippen LogP contribution in [0.15, 0.2) is 29.2 Å². The molecule has 0 aliphatic rings. The minimum atomic E-state index is -0.484. The summed E-state index contributed by atoms with van der Waals surface area (Å²) in [6.07, 6.45) is 0. The molecule has 18 heavy (non-hydrogen) atoms. The molecule has 0 unspecified atom stereocenters. The van der Waals surface area contributed by atoms with Gasteiger partial charge in [0.15, 0.2) is 0 Å². The third kappa shape index (κ3) is 4.37. The topological polar surface area (TPSA) is 46.6 Å². The molecule has 4 nitrogen and oxygen atoms in total. The Morgan fingerprint density at radius 3 is 2.67 bits per heavy atom. The molecule has 98 valence electrons. The van der Waals surface area contributed by atoms with Crippen LogP contribution >= 0.6 is 11.8 Å². The third-order valence-electron chi connectivity index (χ3n) is 2.21. The van der Waals surface area contributed by atoms with Crippen molar-refractivity contribution in [3.63, 3.8) is 0 Å². The molecular formula is C12H14FNO3S. The summed E-state index contributed by atoms with van der Waals surface area (Å²) in [5.41, 5.74) is 0. The first-order chi connectivity index (χ1) is 8.54. The van der Waals surface area contributed by atoms with Gasteiger partial charge >= 0.3 is 5.97 Å². The van der Waals surface area contributed by atoms with Gasteiger partial charge in [0.2, 0.25) is 5.91 Å². The standard InChI is InChI=1S/C12H14FNO3S/c1-14(7-12(16)17-2)11(15)8-18-10-6-4-3-5-9(10)13/h3-6H,7-8H2,1-2H3. The number of thioether (sulfide) groups is 1. The number of amides is 1. The van der Waals surface area contributed by atoms with Crippen LogP contribution in [-0.2, 0) is 14.3 Å². The number of likely N-dealkylation sites (N-methyl/N-ethyl adjacent to an activating group) is 1. The first kappa shape index (κ1) is 14.5. The summed E-state index contributed by atoms with van der Waals surface area (Å²) in [6.45, 7) is -0.104. The molecule has 1 aromatic rings. The highest BCUT2D eigenvalue weighted by molar-refractivity contribution is 8.00. The predicted molar refractivity (Wildman–Crippen MR) is 66.8 cm³/mol. The van der Waals surface area contributed by atoms with Crippen LogP contribution in [0.1, 0.15) is 0 Å². The summed E-state index contributed by atoms with van der Waals surface area (Å²) in [7, 11) is 2.76. The Morgan fingerprint density at radius 2 is 2.06 bits per heavy atom. The van der Waals surface area contributed by atoms with Crippen LogP contribution in [0.25, 0.3) is 0 Å². The van der Waals surface area contributed by atoms with Crippen molar-refractivity contribution < 1.29 is 18.7 Å². The summed E-state index contributed by atoms with van der Waals surface area (Å²) in [4.78, 5) is 24.3. The summed E-state index contributed by atoms with van der Waals surface area (Å²) in [6, 6.07) is 6.23. The van der Waals surface area contributed by atoms with Crippen molar-refractivity contribution in [1.29, 1.82) is 0 Å². The minimum absolute atomic E-state index is 0.0778. The maximum absolute atomic E-state index is 13.3. The monoisotopic (exact) mass is 271 g/mol. The van der Waals surface area contributed by atoms with Crippen LogP contribution < -0.4 is 0 Å². The lowest BCUT2D eigenvalue weighted by atomic mass is 10.3. The number of nitrogens with zero attached hydrogens (tertiary/aromatic N) is 1. The van der Waals surface area contributed by atoms with Gasteiger partial charge in [0.1, 0.15) is 12.4 Å². The maximum Gasteiger partial charge on any atom is 0.325 e. The molecule has 0 aromatic heterocycles. The Labute approximate surface area is 109 Å². The molecular weight excluding hydrogens is 257 g/mol. The molecule has 0 saturated heterocycles. The molecule has 1 rings (SSSR count). The van der Waals surface area contributed by atoms with Gasteiger partial charge in [-0.15, -0.1) is 11.8 Å². The Morgan fingerprint density at radius 1 is 1.39 bits per heavy atom. The van der Waals surface area contributed by atoms with Gasteiger partial charge < -0.3 is 9.64 Å². The second-order valence-electron chi connectivity index (χ2n) is 3.55. The zero-order chi connectivity index (χ0) is 13.5. The normalized spacial score (nSPS) is 9.94. The van der Waals surface area contributed by atoms with E-state index < -0.39 is 5.97 Å². The average Bonchev–Trinajstić information content (AvgIpc) is 2.37. The first-order valence-corrected chi connectivity index (χ1v) is 6.21. The smallest absolute Gasteiger partial charge is 0.325 e. The molecule has 0 aliphatic heterocycles. The van der Waals surface area contributed by atoms with Gasteiger partial charge in [-0.25, -0.2) is 4.39 Å². The van der Waals surface area contributed by atoms with Gasteiger partial charge in [-0.3, -0.25) is 9.59 Å². The number of benzene rings is 1. The Balaban J connectivity index is 2.46. The zero-order valence-electron chi connectivity index (χ0n) is 10.2. The number of hydrogen-bond acceptors (Lipinski definition) is 4. The second-order valence-corrected chi connectivity index (χ2v) is 4.56. The molecule has 0 N–H and O–H groups in total. The number of carbonyl (C=O) groups excluding carboxylic acids is 2. The van der Waals surface area contributed by atoms with E-state index in [1.54, 1.807) is 18.2 Å². The van der Waals surface area contributed by atoms with Crippen molar-refractivity contribution in [1.82, 2.24) is 4.90 Å². The van der Waals surface area contributed by atoms with Crippen LogP contribution in [0.2, 0.25) is 0 Å². The van der Waals surface area contributed by atoms with Gasteiger partial charge in [0.25, 0.3) is 0 Å². The number of halogens is 1. The van der Waals surface area contributed by atoms with Gasteiger partial charge in [0, 0.05) is 11.9 Å². The van der Waals surface area contributed by atoms with E-state index in [4.69, 9.17) is 0 Å². The van der Waals surface area contributed by atoms with Gasteiger partial charge in [-0.05, 0) is 12.1 Å². The zero-order valence-corrected chi connectivity index (χ0v) is 11.0. The van der Waals surface area contributed by atoms with E-state index in [1.165, 1.54) is 25.1 Å². The summed E-state index contributed by atoms with van der Waals surface area (Å²) < 4.78 is 17.7. The quantitative estimate of drug-likeness (QED) is 0.602. The molecule has 0 radical (unpaired) electrons. The van der Waals surface area contributed by atoms with E-state index in [1.807, 2.05) is 0 Å². The second kappa shape index (κ2) is 7.00. The van der Waals surface area contributed by atoms with E-state index in [2.05, 4.69) is 4.74 Å². The fraction of sp³-hybridized carbons (Fsp3) is 0.333. The van der Waals surface area contributed by atoms with Crippen LogP contribution in [0.3, 0.4) is 0 Å². The molecule has 6 heteroatoms. The summed E-state index contributed by atoms with van der Waals surface area (Å²) in [5.74, 6) is -1.02. The van der Waals surface area contributed by atoms with Crippen LogP contribution in [0, 0.1) is 5.82 Å². The molecule has 0 spiro atoms. The van der Waals surface area contributed by atoms with Crippen molar-refractivity contribution in [3.8, 4) is 0 Å². The lowest BCUT2D eigenvalue weighted by molar-refractivity contribution is -0.145. The van der Waals surface area contributed by atoms with E-state index in [0.717, 1.165) is 11.8 Å². The van der Waals surface area contributed by atoms with Gasteiger partial charge in [0.05, 0.1) is 12.9 Å². The lowest BCUT2D eigenvalue weighted by Crippen LogP contribution is -2.33. The molecule has 0 atom stereocenters. The average molecular weight is 271 g/mol. The highest BCUT2D eigenvalue weighted by Gasteiger charge is 2.14. The molecule has 0 bridgehead atoms. The van der Waals surface area contributed by atoms with Crippen molar-refractivity contribution in [2.45, 2.75) is 4.90 Å². The first-order valence-electron chi connectivity index (χ1n) is 5.22. The van der Waals surface area contributed by atoms with Crippen molar-refractivity contribution >= 4 is 23.6 Å². The van der Waals surface area contributed by atoms with Crippen molar-refractivity contribution in [3.05, 3.63) is 30.1 Å². The predicted octanol–water partition coefficient (Wildman–Crippen LogP) is 1.55. The van der Waals surface area contributed by atoms with E-state index in [9.17, 15) is 14.0 Å². The van der Waals surface area contributed by atoms with Gasteiger partial charge in [-0.2, -0.15) is 0 Å². The molecule has 0 saturated carbocycles. The highest BCUT2D eigenvalue weighted by Crippen LogP contribution is 2.21. The number of carbonyl (C=O) groups is 2. The van der Waals surface area contributed by atoms with Crippen LogP contribution in [0.5, 0.6) is 0 Å². The summed E-state index contributed by atoms with van der Waals surface area (Å²) >= 11 is 1.10. The number of methoxy groups -OCH3 is 1. The Bertz CT molecular complexity index is 439. The van der Waals surface area contributed by atoms with Crippen molar-refractivity contribution in [2.75, 3.05) is 26.5 Å². The highest BCUT2D eigenvalue weighted by atomic mass is 32.2. The van der Waals surface area contributed by atoms with Gasteiger partial charge in [-0.1, -0.05) is 12.1 Å². The summed E-state index contributed by atoms with van der Waals surface area (Å²) in [5, 5.41) is 0. The van der Waals surface area contributed by atoms with E-state index in [-0.39, 0.29) is 24.0 Å². The van der Waals surface area contributed by atoms with Crippen molar-refractivity contribution in [2.24, 2.45) is 0 Å². The fourth-order valence-corrected chi connectivity index (χ4v) is 2.04. The number of ether oxygens (including phenoxy) is 1. The largest absolute Gasteiger partial charge is 0.468 e. The molecule has 1 amide bonds. The number of esters is 1. The fourth-order valence-electron chi connectivity index (χ4n) is 1.16. The minimum Gasteiger partial charge on any atom is -0.468 e. The lowest BCUT2D eigenvalue weighted by Gasteiger charge is -2.15. The molecule has 0 fully saturated rings. The molecule has 1 aromatic carbocycles. The third-order valence-corrected chi connectivity index (χ3v) is 3.24. The van der Waals surface area contributed by atoms with E-state index >= 15 is 0 Å². The Hall–Kier alpha value is -1.56. The van der Waals surface area contributed by atoms with Crippen LogP contribution in [-0.4, -0.2) is 43.2 Å². The maximum atomic E-state index is 13.3. The molecule has 0 heterocycles.